The van der Waals surface area contributed by atoms with E-state index in [2.05, 4.69) is 4.72 Å². The van der Waals surface area contributed by atoms with E-state index >= 15 is 0 Å². The van der Waals surface area contributed by atoms with E-state index in [0.29, 0.717) is 6.42 Å². The second-order valence-corrected chi connectivity index (χ2v) is 1.70. The molecule has 1 amide bonds. The number of carbonyl (C=O) groups is 1. The fourth-order valence-electron chi connectivity index (χ4n) is 0.186. The van der Waals surface area contributed by atoms with Crippen LogP contribution in [0.15, 0.2) is 0 Å². The van der Waals surface area contributed by atoms with Crippen LogP contribution in [-0.2, 0) is 4.79 Å². The van der Waals surface area contributed by atoms with Crippen LogP contribution in [-0.4, -0.2) is 12.2 Å². The number of rotatable bonds is 2. The van der Waals surface area contributed by atoms with Crippen molar-refractivity contribution in [1.29, 1.82) is 0 Å². The fraction of sp³-hybridized carbons (Fsp3) is 0.750. The topological polar surface area (TPSA) is 29.1 Å². The van der Waals surface area contributed by atoms with E-state index in [-0.39, 0.29) is 5.91 Å². The summed E-state index contributed by atoms with van der Waals surface area (Å²) < 4.78 is 2.57. The van der Waals surface area contributed by atoms with Crippen molar-refractivity contribution in [3.63, 3.8) is 0 Å². The van der Waals surface area contributed by atoms with Crippen LogP contribution in [0.5, 0.6) is 0 Å². The van der Waals surface area contributed by atoms with E-state index in [1.54, 1.807) is 0 Å². The summed E-state index contributed by atoms with van der Waals surface area (Å²) >= 11 is 1.33. The molecule has 7 heavy (non-hydrogen) atoms. The smallest absolute Gasteiger partial charge is 0.229 e. The molecule has 0 aromatic carbocycles. The molecule has 0 spiro atoms. The van der Waals surface area contributed by atoms with Gasteiger partial charge < -0.3 is 4.72 Å². The highest BCUT2D eigenvalue weighted by atomic mass is 32.2. The summed E-state index contributed by atoms with van der Waals surface area (Å²) in [5, 5.41) is 0. The molecule has 0 aliphatic carbocycles. The second-order valence-electron chi connectivity index (χ2n) is 1.08. The molecule has 0 unspecified atom stereocenters. The van der Waals surface area contributed by atoms with Crippen molar-refractivity contribution in [2.45, 2.75) is 13.3 Å². The molecule has 0 radical (unpaired) electrons. The maximum Gasteiger partial charge on any atom is 0.229 e. The molecule has 0 rings (SSSR count). The molecule has 42 valence electrons. The molecule has 3 heteroatoms. The Morgan fingerprint density at radius 3 is 2.57 bits per heavy atom. The van der Waals surface area contributed by atoms with E-state index in [9.17, 15) is 4.79 Å². The lowest BCUT2D eigenvalue weighted by molar-refractivity contribution is -0.118. The molecule has 0 fully saturated rings. The molecule has 0 heterocycles. The van der Waals surface area contributed by atoms with Crippen molar-refractivity contribution in [3.05, 3.63) is 0 Å². The van der Waals surface area contributed by atoms with Crippen molar-refractivity contribution in [2.24, 2.45) is 0 Å². The molecule has 0 atom stereocenters. The van der Waals surface area contributed by atoms with Gasteiger partial charge in [0.2, 0.25) is 5.91 Å². The summed E-state index contributed by atoms with van der Waals surface area (Å²) in [6.45, 7) is 1.82. The van der Waals surface area contributed by atoms with Gasteiger partial charge in [0.1, 0.15) is 0 Å². The van der Waals surface area contributed by atoms with Crippen LogP contribution in [0.2, 0.25) is 0 Å². The quantitative estimate of drug-likeness (QED) is 0.544. The van der Waals surface area contributed by atoms with Crippen LogP contribution in [0, 0.1) is 0 Å². The average Bonchev–Trinajstić information content (AvgIpc) is 1.68. The van der Waals surface area contributed by atoms with E-state index < -0.39 is 0 Å². The molecule has 0 bridgehead atoms. The van der Waals surface area contributed by atoms with Crippen LogP contribution >= 0.6 is 11.9 Å². The number of hydrogen-bond donors (Lipinski definition) is 1. The Labute approximate surface area is 47.8 Å². The maximum atomic E-state index is 10.3. The Balaban J connectivity index is 3.00. The molecule has 0 saturated carbocycles. The summed E-state index contributed by atoms with van der Waals surface area (Å²) in [6.07, 6.45) is 2.40. The first-order valence-electron chi connectivity index (χ1n) is 2.13. The van der Waals surface area contributed by atoms with Gasteiger partial charge in [-0.15, -0.1) is 0 Å². The van der Waals surface area contributed by atoms with E-state index in [4.69, 9.17) is 0 Å². The Morgan fingerprint density at radius 1 is 1.86 bits per heavy atom. The van der Waals surface area contributed by atoms with Crippen molar-refractivity contribution in [1.82, 2.24) is 4.72 Å². The lowest BCUT2D eigenvalue weighted by atomic mass is 10.5. The molecule has 0 aromatic heterocycles. The van der Waals surface area contributed by atoms with Gasteiger partial charge in [0, 0.05) is 12.7 Å². The summed E-state index contributed by atoms with van der Waals surface area (Å²) in [7, 11) is 0. The highest BCUT2D eigenvalue weighted by molar-refractivity contribution is 7.97. The van der Waals surface area contributed by atoms with Crippen LogP contribution in [0.25, 0.3) is 0 Å². The molecule has 1 N–H and O–H groups in total. The van der Waals surface area contributed by atoms with E-state index in [1.807, 2.05) is 13.2 Å². The number of nitrogens with one attached hydrogen (secondary N) is 1. The summed E-state index contributed by atoms with van der Waals surface area (Å²) in [4.78, 5) is 10.3. The average molecular weight is 119 g/mol. The van der Waals surface area contributed by atoms with Crippen LogP contribution in [0.4, 0.5) is 0 Å². The van der Waals surface area contributed by atoms with Crippen molar-refractivity contribution in [2.75, 3.05) is 6.26 Å². The molecule has 0 saturated heterocycles. The minimum Gasteiger partial charge on any atom is -0.300 e. The Hall–Kier alpha value is -0.180. The minimum atomic E-state index is 0.0903. The first-order valence-corrected chi connectivity index (χ1v) is 3.35. The third kappa shape index (κ3) is 3.66. The van der Waals surface area contributed by atoms with Gasteiger partial charge in [-0.05, 0) is 0 Å². The van der Waals surface area contributed by atoms with Crippen LogP contribution < -0.4 is 4.72 Å². The zero-order valence-corrected chi connectivity index (χ0v) is 5.34. The molecule has 0 aromatic rings. The summed E-state index contributed by atoms with van der Waals surface area (Å²) in [6, 6.07) is 0. The Bertz CT molecular complexity index is 64.7. The zero-order chi connectivity index (χ0) is 5.70. The molecule has 2 nitrogen and oxygen atoms in total. The Kier molecular flexibility index (Phi) is 3.89. The fourth-order valence-corrected chi connectivity index (χ4v) is 0.558. The van der Waals surface area contributed by atoms with Crippen LogP contribution in [0.3, 0.4) is 0 Å². The van der Waals surface area contributed by atoms with Gasteiger partial charge in [-0.3, -0.25) is 4.79 Å². The largest absolute Gasteiger partial charge is 0.300 e. The number of amides is 1. The van der Waals surface area contributed by atoms with Crippen molar-refractivity contribution >= 4 is 17.9 Å². The SMILES string of the molecule is CCC(=O)NSC. The summed E-state index contributed by atoms with van der Waals surface area (Å²) in [5.41, 5.74) is 0. The lowest BCUT2D eigenvalue weighted by Crippen LogP contribution is -2.12. The van der Waals surface area contributed by atoms with Gasteiger partial charge in [0.05, 0.1) is 0 Å². The molecule has 0 aliphatic rings. The summed E-state index contributed by atoms with van der Waals surface area (Å²) in [5.74, 6) is 0.0903. The number of carbonyl (C=O) groups excluding carboxylic acids is 1. The highest BCUT2D eigenvalue weighted by Gasteiger charge is 1.89. The van der Waals surface area contributed by atoms with Crippen LogP contribution in [0.1, 0.15) is 13.3 Å². The molecular formula is C4H9NOS. The van der Waals surface area contributed by atoms with Crippen molar-refractivity contribution in [3.8, 4) is 0 Å². The Morgan fingerprint density at radius 2 is 2.43 bits per heavy atom. The van der Waals surface area contributed by atoms with Crippen molar-refractivity contribution < 1.29 is 4.79 Å². The second kappa shape index (κ2) is 3.99. The third-order valence-corrected chi connectivity index (χ3v) is 0.969. The van der Waals surface area contributed by atoms with Gasteiger partial charge in [-0.25, -0.2) is 0 Å². The van der Waals surface area contributed by atoms with Gasteiger partial charge in [-0.1, -0.05) is 18.9 Å². The standard InChI is InChI=1S/C4H9NOS/c1-3-4(6)5-7-2/h3H2,1-2H3,(H,5,6). The molecular weight excluding hydrogens is 110 g/mol. The predicted octanol–water partition coefficient (Wildman–Crippen LogP) is 0.791. The lowest BCUT2D eigenvalue weighted by Gasteiger charge is -1.92. The van der Waals surface area contributed by atoms with Gasteiger partial charge in [-0.2, -0.15) is 0 Å². The van der Waals surface area contributed by atoms with E-state index in [0.717, 1.165) is 0 Å². The predicted molar refractivity (Wildman–Crippen MR) is 31.9 cm³/mol. The first-order chi connectivity index (χ1) is 3.31. The van der Waals surface area contributed by atoms with Gasteiger partial charge in [0.15, 0.2) is 0 Å². The normalized spacial score (nSPS) is 8.29. The first kappa shape index (κ1) is 6.82. The maximum absolute atomic E-state index is 10.3. The molecule has 0 aliphatic heterocycles. The van der Waals surface area contributed by atoms with E-state index in [1.165, 1.54) is 11.9 Å². The highest BCUT2D eigenvalue weighted by Crippen LogP contribution is 1.83. The minimum absolute atomic E-state index is 0.0903. The monoisotopic (exact) mass is 119 g/mol. The third-order valence-electron chi connectivity index (χ3n) is 0.537. The van der Waals surface area contributed by atoms with Gasteiger partial charge in [0.25, 0.3) is 0 Å². The zero-order valence-electron chi connectivity index (χ0n) is 4.52. The number of hydrogen-bond acceptors (Lipinski definition) is 2. The van der Waals surface area contributed by atoms with Gasteiger partial charge >= 0.3 is 0 Å².